The Morgan fingerprint density at radius 1 is 1.11 bits per heavy atom. The molecule has 0 fully saturated rings. The van der Waals surface area contributed by atoms with E-state index in [1.165, 1.54) is 0 Å². The lowest BCUT2D eigenvalue weighted by atomic mass is 10.1. The summed E-state index contributed by atoms with van der Waals surface area (Å²) >= 11 is 6.03. The number of phenolic OH excluding ortho intramolecular Hbond substituents is 1. The van der Waals surface area contributed by atoms with Crippen LogP contribution in [-0.4, -0.2) is 10.1 Å². The number of benzene rings is 2. The summed E-state index contributed by atoms with van der Waals surface area (Å²) < 4.78 is 5.68. The Bertz CT molecular complexity index is 721. The minimum absolute atomic E-state index is 0.247. The predicted octanol–water partition coefficient (Wildman–Crippen LogP) is 4.11. The van der Waals surface area contributed by atoms with Crippen molar-refractivity contribution in [3.8, 4) is 11.5 Å². The lowest BCUT2D eigenvalue weighted by molar-refractivity contribution is 0.307. The summed E-state index contributed by atoms with van der Waals surface area (Å²) in [5.41, 5.74) is 1.78. The van der Waals surface area contributed by atoms with Crippen LogP contribution in [0.3, 0.4) is 0 Å². The van der Waals surface area contributed by atoms with Gasteiger partial charge in [-0.25, -0.2) is 0 Å². The number of phenols is 1. The molecule has 0 aliphatic rings. The van der Waals surface area contributed by atoms with Crippen LogP contribution in [0.25, 0.3) is 10.9 Å². The molecule has 3 aromatic rings. The molecule has 4 heteroatoms. The normalized spacial score (nSPS) is 10.8. The zero-order valence-corrected chi connectivity index (χ0v) is 10.8. The molecular weight excluding hydrogens is 262 g/mol. The number of rotatable bonds is 3. The van der Waals surface area contributed by atoms with E-state index in [9.17, 15) is 5.11 Å². The molecule has 0 amide bonds. The molecule has 0 saturated carbocycles. The standard InChI is InChI=1S/C15H12ClNO2/c16-11-4-1-2-7-14(11)19-9-10-8-17-12-5-3-6-13(18)15(10)12/h1-8,17-18H,9H2. The molecule has 19 heavy (non-hydrogen) atoms. The number of aromatic hydroxyl groups is 1. The van der Waals surface area contributed by atoms with E-state index >= 15 is 0 Å². The van der Waals surface area contributed by atoms with Gasteiger partial charge in [0, 0.05) is 22.7 Å². The van der Waals surface area contributed by atoms with Crippen molar-refractivity contribution in [1.29, 1.82) is 0 Å². The highest BCUT2D eigenvalue weighted by atomic mass is 35.5. The fourth-order valence-corrected chi connectivity index (χ4v) is 2.26. The number of ether oxygens (including phenoxy) is 1. The molecule has 0 saturated heterocycles. The van der Waals surface area contributed by atoms with E-state index in [0.717, 1.165) is 16.5 Å². The fraction of sp³-hybridized carbons (Fsp3) is 0.0667. The van der Waals surface area contributed by atoms with E-state index in [4.69, 9.17) is 16.3 Å². The first-order valence-corrected chi connectivity index (χ1v) is 6.29. The third-order valence-electron chi connectivity index (χ3n) is 2.99. The molecule has 0 aliphatic carbocycles. The van der Waals surface area contributed by atoms with Crippen LogP contribution in [0.4, 0.5) is 0 Å². The van der Waals surface area contributed by atoms with Crippen molar-refractivity contribution in [3.63, 3.8) is 0 Å². The van der Waals surface area contributed by atoms with Crippen molar-refractivity contribution in [3.05, 3.63) is 59.2 Å². The Kier molecular flexibility index (Phi) is 3.05. The van der Waals surface area contributed by atoms with Gasteiger partial charge in [-0.15, -0.1) is 0 Å². The van der Waals surface area contributed by atoms with Gasteiger partial charge in [-0.05, 0) is 24.3 Å². The lowest BCUT2D eigenvalue weighted by Crippen LogP contribution is -1.94. The van der Waals surface area contributed by atoms with E-state index in [2.05, 4.69) is 4.98 Å². The minimum Gasteiger partial charge on any atom is -0.507 e. The number of aromatic nitrogens is 1. The number of halogens is 1. The van der Waals surface area contributed by atoms with E-state index in [0.29, 0.717) is 17.4 Å². The van der Waals surface area contributed by atoms with Gasteiger partial charge < -0.3 is 14.8 Å². The molecule has 0 bridgehead atoms. The molecule has 2 N–H and O–H groups in total. The van der Waals surface area contributed by atoms with E-state index in [-0.39, 0.29) is 5.75 Å². The van der Waals surface area contributed by atoms with Crippen molar-refractivity contribution in [2.24, 2.45) is 0 Å². The second kappa shape index (κ2) is 4.86. The monoisotopic (exact) mass is 273 g/mol. The average molecular weight is 274 g/mol. The highest BCUT2D eigenvalue weighted by Crippen LogP contribution is 2.29. The van der Waals surface area contributed by atoms with E-state index in [1.54, 1.807) is 18.2 Å². The highest BCUT2D eigenvalue weighted by Gasteiger charge is 2.09. The molecule has 0 spiro atoms. The van der Waals surface area contributed by atoms with E-state index in [1.807, 2.05) is 30.5 Å². The van der Waals surface area contributed by atoms with Crippen LogP contribution >= 0.6 is 11.6 Å². The van der Waals surface area contributed by atoms with Crippen molar-refractivity contribution in [2.45, 2.75) is 6.61 Å². The topological polar surface area (TPSA) is 45.2 Å². The van der Waals surface area contributed by atoms with E-state index < -0.39 is 0 Å². The van der Waals surface area contributed by atoms with Crippen LogP contribution in [0, 0.1) is 0 Å². The summed E-state index contributed by atoms with van der Waals surface area (Å²) in [4.78, 5) is 3.11. The van der Waals surface area contributed by atoms with Gasteiger partial charge in [-0.1, -0.05) is 29.8 Å². The quantitative estimate of drug-likeness (QED) is 0.754. The predicted molar refractivity (Wildman–Crippen MR) is 75.7 cm³/mol. The first-order valence-electron chi connectivity index (χ1n) is 5.91. The van der Waals surface area contributed by atoms with Gasteiger partial charge in [-0.3, -0.25) is 0 Å². The number of H-pyrrole nitrogens is 1. The second-order valence-electron chi connectivity index (χ2n) is 4.23. The fourth-order valence-electron chi connectivity index (χ4n) is 2.07. The minimum atomic E-state index is 0.247. The maximum atomic E-state index is 9.89. The first-order chi connectivity index (χ1) is 9.25. The van der Waals surface area contributed by atoms with Crippen molar-refractivity contribution >= 4 is 22.5 Å². The molecule has 1 aromatic heterocycles. The maximum absolute atomic E-state index is 9.89. The summed E-state index contributed by atoms with van der Waals surface area (Å²) in [7, 11) is 0. The molecule has 0 radical (unpaired) electrons. The first kappa shape index (κ1) is 11.9. The van der Waals surface area contributed by atoms with Crippen LogP contribution in [0.15, 0.2) is 48.7 Å². The van der Waals surface area contributed by atoms with Crippen molar-refractivity contribution in [1.82, 2.24) is 4.98 Å². The third kappa shape index (κ3) is 2.25. The average Bonchev–Trinajstić information content (AvgIpc) is 2.83. The van der Waals surface area contributed by atoms with Gasteiger partial charge in [0.2, 0.25) is 0 Å². The molecule has 3 rings (SSSR count). The third-order valence-corrected chi connectivity index (χ3v) is 3.30. The van der Waals surface area contributed by atoms with Gasteiger partial charge >= 0.3 is 0 Å². The number of hydrogen-bond donors (Lipinski definition) is 2. The Labute approximate surface area is 115 Å². The van der Waals surface area contributed by atoms with Crippen molar-refractivity contribution < 1.29 is 9.84 Å². The summed E-state index contributed by atoms with van der Waals surface area (Å²) in [5, 5.41) is 11.3. The number of hydrogen-bond acceptors (Lipinski definition) is 2. The molecule has 3 nitrogen and oxygen atoms in total. The Balaban J connectivity index is 1.89. The second-order valence-corrected chi connectivity index (χ2v) is 4.64. The SMILES string of the molecule is Oc1cccc2[nH]cc(COc3ccccc3Cl)c12. The van der Waals surface area contributed by atoms with Gasteiger partial charge in [0.25, 0.3) is 0 Å². The zero-order chi connectivity index (χ0) is 13.2. The summed E-state index contributed by atoms with van der Waals surface area (Å²) in [6.07, 6.45) is 1.83. The Morgan fingerprint density at radius 2 is 1.95 bits per heavy atom. The van der Waals surface area contributed by atoms with Crippen LogP contribution in [-0.2, 0) is 6.61 Å². The summed E-state index contributed by atoms with van der Waals surface area (Å²) in [5.74, 6) is 0.880. The Morgan fingerprint density at radius 3 is 2.79 bits per heavy atom. The van der Waals surface area contributed by atoms with Crippen LogP contribution < -0.4 is 4.74 Å². The van der Waals surface area contributed by atoms with Crippen molar-refractivity contribution in [2.75, 3.05) is 0 Å². The van der Waals surface area contributed by atoms with Gasteiger partial charge in [-0.2, -0.15) is 0 Å². The van der Waals surface area contributed by atoms with Crippen LogP contribution in [0.2, 0.25) is 5.02 Å². The summed E-state index contributed by atoms with van der Waals surface area (Å²) in [6, 6.07) is 12.7. The Hall–Kier alpha value is -2.13. The number of fused-ring (bicyclic) bond motifs is 1. The molecular formula is C15H12ClNO2. The molecule has 96 valence electrons. The van der Waals surface area contributed by atoms with Crippen LogP contribution in [0.5, 0.6) is 11.5 Å². The molecule has 0 unspecified atom stereocenters. The lowest BCUT2D eigenvalue weighted by Gasteiger charge is -2.07. The molecule has 1 heterocycles. The molecule has 0 atom stereocenters. The maximum Gasteiger partial charge on any atom is 0.138 e. The van der Waals surface area contributed by atoms with Gasteiger partial charge in [0.1, 0.15) is 18.1 Å². The largest absolute Gasteiger partial charge is 0.507 e. The number of aromatic amines is 1. The molecule has 0 aliphatic heterocycles. The van der Waals surface area contributed by atoms with Gasteiger partial charge in [0.15, 0.2) is 0 Å². The smallest absolute Gasteiger partial charge is 0.138 e. The number of para-hydroxylation sites is 1. The molecule has 2 aromatic carbocycles. The number of nitrogens with one attached hydrogen (secondary N) is 1. The summed E-state index contributed by atoms with van der Waals surface area (Å²) in [6.45, 7) is 0.349. The zero-order valence-electron chi connectivity index (χ0n) is 10.1. The van der Waals surface area contributed by atoms with Crippen LogP contribution in [0.1, 0.15) is 5.56 Å². The highest BCUT2D eigenvalue weighted by molar-refractivity contribution is 6.32. The van der Waals surface area contributed by atoms with Gasteiger partial charge in [0.05, 0.1) is 5.02 Å².